The largest absolute Gasteiger partial charge is 0.462 e. The molecular formula is C20H22N4O4S. The Balaban J connectivity index is 2.44. The molecule has 2 aromatic rings. The van der Waals surface area contributed by atoms with Crippen molar-refractivity contribution >= 4 is 46.4 Å². The Bertz CT molecular complexity index is 1120. The van der Waals surface area contributed by atoms with Crippen molar-refractivity contribution in [2.24, 2.45) is 0 Å². The van der Waals surface area contributed by atoms with E-state index < -0.39 is 5.97 Å². The van der Waals surface area contributed by atoms with E-state index in [1.165, 1.54) is 22.6 Å². The first-order chi connectivity index (χ1) is 13.8. The lowest BCUT2D eigenvalue weighted by molar-refractivity contribution is -0.136. The molecule has 8 nitrogen and oxygen atoms in total. The van der Waals surface area contributed by atoms with E-state index in [1.54, 1.807) is 45.2 Å². The fourth-order valence-electron chi connectivity index (χ4n) is 2.49. The number of anilines is 2. The smallest absolute Gasteiger partial charge is 0.351 e. The Morgan fingerprint density at radius 3 is 2.48 bits per heavy atom. The minimum Gasteiger partial charge on any atom is -0.462 e. The molecule has 0 saturated carbocycles. The second-order valence-electron chi connectivity index (χ2n) is 5.94. The first-order valence-corrected chi connectivity index (χ1v) is 9.77. The van der Waals surface area contributed by atoms with E-state index in [4.69, 9.17) is 4.74 Å². The van der Waals surface area contributed by atoms with Gasteiger partial charge < -0.3 is 15.0 Å². The third-order valence-electron chi connectivity index (χ3n) is 4.13. The van der Waals surface area contributed by atoms with Crippen molar-refractivity contribution in [3.63, 3.8) is 0 Å². The number of hydrogen-bond donors (Lipinski definition) is 1. The highest BCUT2D eigenvalue weighted by Crippen LogP contribution is 2.16. The van der Waals surface area contributed by atoms with E-state index in [9.17, 15) is 19.6 Å². The maximum absolute atomic E-state index is 12.6. The molecule has 9 heteroatoms. The molecule has 0 unspecified atom stereocenters. The summed E-state index contributed by atoms with van der Waals surface area (Å²) in [6.45, 7) is 5.35. The Labute approximate surface area is 171 Å². The Kier molecular flexibility index (Phi) is 7.33. The molecule has 0 spiro atoms. The number of nitrogens with zero attached hydrogens (tertiary/aromatic N) is 3. The summed E-state index contributed by atoms with van der Waals surface area (Å²) in [5, 5.41) is 12.4. The van der Waals surface area contributed by atoms with Gasteiger partial charge in [-0.25, -0.2) is 4.79 Å². The highest BCUT2D eigenvalue weighted by molar-refractivity contribution is 7.07. The Hall–Kier alpha value is -3.38. The molecule has 0 radical (unpaired) electrons. The SMILES string of the molecule is CCOC(=O)C(C#N)=c1sc(=CNc2ccc(N(C)C(C)=O)cc2)c(=O)n1CC. The molecule has 2 rings (SSSR count). The van der Waals surface area contributed by atoms with Gasteiger partial charge in [-0.2, -0.15) is 5.26 Å². The lowest BCUT2D eigenvalue weighted by atomic mass is 10.2. The number of aromatic nitrogens is 1. The van der Waals surface area contributed by atoms with Crippen molar-refractivity contribution < 1.29 is 14.3 Å². The fourth-order valence-corrected chi connectivity index (χ4v) is 3.57. The molecule has 0 aliphatic rings. The molecule has 0 atom stereocenters. The standard InChI is InChI=1S/C20H22N4O4S/c1-5-24-18(26)17(29-19(24)16(11-21)20(27)28-6-2)12-22-14-7-9-15(10-8-14)23(4)13(3)25/h7-10,12,22H,5-6H2,1-4H3. The number of nitrogens with one attached hydrogen (secondary N) is 1. The zero-order valence-corrected chi connectivity index (χ0v) is 17.5. The molecule has 0 aliphatic carbocycles. The summed E-state index contributed by atoms with van der Waals surface area (Å²) in [7, 11) is 1.68. The van der Waals surface area contributed by atoms with Crippen molar-refractivity contribution in [3.8, 4) is 6.07 Å². The lowest BCUT2D eigenvalue weighted by Gasteiger charge is -2.15. The summed E-state index contributed by atoms with van der Waals surface area (Å²) in [5.41, 5.74) is 0.979. The third kappa shape index (κ3) is 4.92. The molecule has 1 aromatic carbocycles. The summed E-state index contributed by atoms with van der Waals surface area (Å²) >= 11 is 1.05. The normalized spacial score (nSPS) is 12.2. The van der Waals surface area contributed by atoms with Gasteiger partial charge in [0.15, 0.2) is 5.57 Å². The molecule has 0 bridgehead atoms. The van der Waals surface area contributed by atoms with Gasteiger partial charge in [-0.15, -0.1) is 11.3 Å². The molecule has 0 saturated heterocycles. The molecule has 0 fully saturated rings. The Morgan fingerprint density at radius 1 is 1.31 bits per heavy atom. The van der Waals surface area contributed by atoms with Crippen LogP contribution in [0.15, 0.2) is 29.1 Å². The van der Waals surface area contributed by atoms with Crippen LogP contribution in [0.3, 0.4) is 0 Å². The number of nitriles is 1. The molecule has 1 amide bonds. The van der Waals surface area contributed by atoms with E-state index in [1.807, 2.05) is 6.07 Å². The van der Waals surface area contributed by atoms with Crippen LogP contribution in [0.1, 0.15) is 20.8 Å². The minimum atomic E-state index is -0.747. The molecule has 0 aliphatic heterocycles. The first-order valence-electron chi connectivity index (χ1n) is 8.96. The van der Waals surface area contributed by atoms with Gasteiger partial charge in [-0.1, -0.05) is 0 Å². The molecular weight excluding hydrogens is 392 g/mol. The van der Waals surface area contributed by atoms with Crippen molar-refractivity contribution in [2.75, 3.05) is 23.9 Å². The Morgan fingerprint density at radius 2 is 1.97 bits per heavy atom. The van der Waals surface area contributed by atoms with Crippen LogP contribution in [0, 0.1) is 11.3 Å². The highest BCUT2D eigenvalue weighted by atomic mass is 32.1. The van der Waals surface area contributed by atoms with Crippen molar-refractivity contribution in [1.82, 2.24) is 4.57 Å². The summed E-state index contributed by atoms with van der Waals surface area (Å²) in [6.07, 6.45) is 1.53. The first kappa shape index (κ1) is 21.9. The zero-order chi connectivity index (χ0) is 21.6. The van der Waals surface area contributed by atoms with Crippen molar-refractivity contribution in [3.05, 3.63) is 43.8 Å². The number of esters is 1. The fraction of sp³-hybridized carbons (Fsp3) is 0.300. The number of hydrogen-bond acceptors (Lipinski definition) is 7. The van der Waals surface area contributed by atoms with Crippen LogP contribution < -0.4 is 25.0 Å². The molecule has 1 aromatic heterocycles. The molecule has 152 valence electrons. The average molecular weight is 414 g/mol. The van der Waals surface area contributed by atoms with Gasteiger partial charge in [0.1, 0.15) is 15.3 Å². The number of ether oxygens (including phenoxy) is 1. The average Bonchev–Trinajstić information content (AvgIpc) is 3.02. The molecule has 1 N–H and O–H groups in total. The summed E-state index contributed by atoms with van der Waals surface area (Å²) in [5.74, 6) is -0.821. The van der Waals surface area contributed by atoms with Crippen LogP contribution in [-0.4, -0.2) is 30.1 Å². The molecule has 29 heavy (non-hydrogen) atoms. The van der Waals surface area contributed by atoms with E-state index in [2.05, 4.69) is 5.32 Å². The zero-order valence-electron chi connectivity index (χ0n) is 16.7. The second kappa shape index (κ2) is 9.71. The van der Waals surface area contributed by atoms with Gasteiger partial charge in [-0.3, -0.25) is 14.2 Å². The van der Waals surface area contributed by atoms with E-state index in [0.29, 0.717) is 11.1 Å². The predicted octanol–water partition coefficient (Wildman–Crippen LogP) is 1.000. The number of benzene rings is 1. The maximum atomic E-state index is 12.6. The van der Waals surface area contributed by atoms with Crippen molar-refractivity contribution in [2.45, 2.75) is 27.3 Å². The van der Waals surface area contributed by atoms with E-state index in [0.717, 1.165) is 22.7 Å². The number of amides is 1. The third-order valence-corrected chi connectivity index (χ3v) is 5.26. The van der Waals surface area contributed by atoms with E-state index in [-0.39, 0.29) is 28.3 Å². The van der Waals surface area contributed by atoms with Crippen molar-refractivity contribution in [1.29, 1.82) is 5.26 Å². The molecule has 1 heterocycles. The van der Waals surface area contributed by atoms with Crippen LogP contribution >= 0.6 is 11.3 Å². The van der Waals surface area contributed by atoms with Crippen LogP contribution in [0.2, 0.25) is 0 Å². The van der Waals surface area contributed by atoms with Gasteiger partial charge in [0, 0.05) is 38.1 Å². The lowest BCUT2D eigenvalue weighted by Crippen LogP contribution is -2.32. The number of rotatable bonds is 6. The topological polar surface area (TPSA) is 104 Å². The van der Waals surface area contributed by atoms with Crippen LogP contribution in [0.4, 0.5) is 11.4 Å². The summed E-state index contributed by atoms with van der Waals surface area (Å²) in [6, 6.07) is 8.97. The predicted molar refractivity (Wildman–Crippen MR) is 113 cm³/mol. The quantitative estimate of drug-likeness (QED) is 0.707. The van der Waals surface area contributed by atoms with E-state index >= 15 is 0 Å². The van der Waals surface area contributed by atoms with Gasteiger partial charge in [0.25, 0.3) is 5.56 Å². The number of carbonyl (C=O) groups is 2. The summed E-state index contributed by atoms with van der Waals surface area (Å²) in [4.78, 5) is 37.6. The van der Waals surface area contributed by atoms with Crippen LogP contribution in [0.5, 0.6) is 0 Å². The van der Waals surface area contributed by atoms with Gasteiger partial charge >= 0.3 is 5.97 Å². The number of carbonyl (C=O) groups excluding carboxylic acids is 2. The van der Waals surface area contributed by atoms with Crippen LogP contribution in [-0.2, 0) is 20.9 Å². The van der Waals surface area contributed by atoms with Gasteiger partial charge in [0.2, 0.25) is 5.91 Å². The highest BCUT2D eigenvalue weighted by Gasteiger charge is 2.16. The number of thiazole rings is 1. The van der Waals surface area contributed by atoms with Gasteiger partial charge in [-0.05, 0) is 38.1 Å². The minimum absolute atomic E-state index is 0.0744. The second-order valence-corrected chi connectivity index (χ2v) is 6.97. The monoisotopic (exact) mass is 414 g/mol. The maximum Gasteiger partial charge on any atom is 0.351 e. The van der Waals surface area contributed by atoms with Crippen LogP contribution in [0.25, 0.3) is 11.8 Å². The summed E-state index contributed by atoms with van der Waals surface area (Å²) < 4.78 is 6.91. The van der Waals surface area contributed by atoms with Gasteiger partial charge in [0.05, 0.1) is 6.61 Å².